The molecule has 0 bridgehead atoms. The van der Waals surface area contributed by atoms with Crippen LogP contribution in [0.15, 0.2) is 77.7 Å². The first kappa shape index (κ1) is 23.3. The molecule has 1 aromatic heterocycles. The Morgan fingerprint density at radius 3 is 1.71 bits per heavy atom. The minimum absolute atomic E-state index is 0.239. The van der Waals surface area contributed by atoms with E-state index in [0.29, 0.717) is 23.1 Å². The highest BCUT2D eigenvalue weighted by molar-refractivity contribution is 7.92. The lowest BCUT2D eigenvalue weighted by Gasteiger charge is -2.12. The molecule has 3 N–H and O–H groups in total. The predicted octanol–water partition coefficient (Wildman–Crippen LogP) is 6.00. The van der Waals surface area contributed by atoms with Crippen LogP contribution in [-0.2, 0) is 10.0 Å². The van der Waals surface area contributed by atoms with Crippen LogP contribution in [0.1, 0.15) is 22.5 Å². The first-order valence-electron chi connectivity index (χ1n) is 10.8. The highest BCUT2D eigenvalue weighted by atomic mass is 32.2. The molecular weight excluding hydrogens is 446 g/mol. The molecule has 0 spiro atoms. The molecule has 1 heterocycles. The summed E-state index contributed by atoms with van der Waals surface area (Å²) in [5.74, 6) is 1.93. The summed E-state index contributed by atoms with van der Waals surface area (Å²) >= 11 is 0. The van der Waals surface area contributed by atoms with Crippen molar-refractivity contribution < 1.29 is 8.42 Å². The summed E-state index contributed by atoms with van der Waals surface area (Å²) in [6.45, 7) is 7.72. The van der Waals surface area contributed by atoms with Gasteiger partial charge in [0.15, 0.2) is 0 Å². The zero-order valence-electron chi connectivity index (χ0n) is 19.5. The van der Waals surface area contributed by atoms with Crippen LogP contribution < -0.4 is 15.4 Å². The lowest BCUT2D eigenvalue weighted by molar-refractivity contribution is 0.601. The molecule has 0 fully saturated rings. The molecule has 34 heavy (non-hydrogen) atoms. The van der Waals surface area contributed by atoms with Gasteiger partial charge in [0, 0.05) is 23.1 Å². The first-order valence-corrected chi connectivity index (χ1v) is 12.3. The van der Waals surface area contributed by atoms with Gasteiger partial charge in [0.1, 0.15) is 17.5 Å². The number of anilines is 5. The van der Waals surface area contributed by atoms with E-state index in [1.807, 2.05) is 64.1 Å². The summed E-state index contributed by atoms with van der Waals surface area (Å²) in [7, 11) is -3.67. The molecule has 0 saturated carbocycles. The smallest absolute Gasteiger partial charge is 0.261 e. The Morgan fingerprint density at radius 2 is 1.15 bits per heavy atom. The predicted molar refractivity (Wildman–Crippen MR) is 138 cm³/mol. The molecule has 0 saturated heterocycles. The van der Waals surface area contributed by atoms with Crippen LogP contribution in [0, 0.1) is 27.7 Å². The van der Waals surface area contributed by atoms with Crippen molar-refractivity contribution in [2.75, 3.05) is 15.4 Å². The van der Waals surface area contributed by atoms with Crippen LogP contribution in [-0.4, -0.2) is 18.4 Å². The maximum absolute atomic E-state index is 12.7. The molecule has 3 aromatic carbocycles. The number of sulfonamides is 1. The number of hydrogen-bond donors (Lipinski definition) is 3. The fraction of sp³-hybridized carbons (Fsp3) is 0.154. The normalized spacial score (nSPS) is 11.2. The van der Waals surface area contributed by atoms with E-state index in [2.05, 4.69) is 25.3 Å². The fourth-order valence-corrected chi connectivity index (χ4v) is 4.49. The molecule has 0 aliphatic heterocycles. The number of aromatic nitrogens is 2. The molecule has 0 atom stereocenters. The lowest BCUT2D eigenvalue weighted by Crippen LogP contribution is -2.13. The van der Waals surface area contributed by atoms with Crippen molar-refractivity contribution in [2.24, 2.45) is 0 Å². The molecule has 4 aromatic rings. The van der Waals surface area contributed by atoms with Crippen LogP contribution in [0.3, 0.4) is 0 Å². The molecule has 8 heteroatoms. The molecule has 0 unspecified atom stereocenters. The van der Waals surface area contributed by atoms with Gasteiger partial charge in [-0.3, -0.25) is 4.72 Å². The van der Waals surface area contributed by atoms with Crippen molar-refractivity contribution in [3.8, 4) is 0 Å². The van der Waals surface area contributed by atoms with Crippen molar-refractivity contribution in [1.82, 2.24) is 9.97 Å². The molecule has 0 aliphatic carbocycles. The minimum Gasteiger partial charge on any atom is -0.340 e. The van der Waals surface area contributed by atoms with E-state index in [1.54, 1.807) is 36.4 Å². The van der Waals surface area contributed by atoms with Crippen LogP contribution in [0.4, 0.5) is 28.7 Å². The standard InChI is InChI=1S/C26H27N5O2S/c1-17-5-8-21(9-6-17)29-25-16-26(28-20(4)27-25)30-22-10-12-23(13-11-22)31-34(32,33)24-14-7-18(2)19(3)15-24/h5-16,31H,1-4H3,(H2,27,28,29,30). The summed E-state index contributed by atoms with van der Waals surface area (Å²) < 4.78 is 28.1. The van der Waals surface area contributed by atoms with E-state index in [-0.39, 0.29) is 4.90 Å². The second-order valence-corrected chi connectivity index (χ2v) is 9.91. The quantitative estimate of drug-likeness (QED) is 0.305. The average molecular weight is 474 g/mol. The highest BCUT2D eigenvalue weighted by Crippen LogP contribution is 2.23. The van der Waals surface area contributed by atoms with Crippen molar-refractivity contribution in [1.29, 1.82) is 0 Å². The Morgan fingerprint density at radius 1 is 0.618 bits per heavy atom. The molecule has 7 nitrogen and oxygen atoms in total. The first-order chi connectivity index (χ1) is 16.2. The molecule has 0 aliphatic rings. The van der Waals surface area contributed by atoms with E-state index in [4.69, 9.17) is 0 Å². The topological polar surface area (TPSA) is 96.0 Å². The van der Waals surface area contributed by atoms with Gasteiger partial charge in [-0.1, -0.05) is 23.8 Å². The Labute approximate surface area is 200 Å². The number of benzene rings is 3. The third-order valence-electron chi connectivity index (χ3n) is 5.36. The van der Waals surface area contributed by atoms with Gasteiger partial charge < -0.3 is 10.6 Å². The van der Waals surface area contributed by atoms with Gasteiger partial charge in [-0.2, -0.15) is 0 Å². The van der Waals surface area contributed by atoms with Crippen LogP contribution in [0.25, 0.3) is 0 Å². The summed E-state index contributed by atoms with van der Waals surface area (Å²) in [6.07, 6.45) is 0. The van der Waals surface area contributed by atoms with Gasteiger partial charge >= 0.3 is 0 Å². The maximum atomic E-state index is 12.7. The van der Waals surface area contributed by atoms with Gasteiger partial charge in [-0.05, 0) is 87.4 Å². The van der Waals surface area contributed by atoms with E-state index in [1.165, 1.54) is 5.56 Å². The zero-order valence-corrected chi connectivity index (χ0v) is 20.4. The molecule has 0 radical (unpaired) electrons. The number of nitrogens with zero attached hydrogens (tertiary/aromatic N) is 2. The molecule has 174 valence electrons. The second kappa shape index (κ2) is 9.52. The SMILES string of the molecule is Cc1ccc(Nc2cc(Nc3ccc(NS(=O)(=O)c4ccc(C)c(C)c4)cc3)nc(C)n2)cc1. The van der Waals surface area contributed by atoms with Crippen molar-refractivity contribution in [2.45, 2.75) is 32.6 Å². The Kier molecular flexibility index (Phi) is 6.51. The van der Waals surface area contributed by atoms with E-state index in [9.17, 15) is 8.42 Å². The van der Waals surface area contributed by atoms with Crippen LogP contribution in [0.2, 0.25) is 0 Å². The Balaban J connectivity index is 1.46. The Hall–Kier alpha value is -3.91. The third kappa shape index (κ3) is 5.71. The van der Waals surface area contributed by atoms with Gasteiger partial charge in [0.05, 0.1) is 4.90 Å². The summed E-state index contributed by atoms with van der Waals surface area (Å²) in [6, 6.07) is 22.0. The lowest BCUT2D eigenvalue weighted by atomic mass is 10.1. The fourth-order valence-electron chi connectivity index (χ4n) is 3.35. The van der Waals surface area contributed by atoms with Crippen LogP contribution in [0.5, 0.6) is 0 Å². The summed E-state index contributed by atoms with van der Waals surface area (Å²) in [4.78, 5) is 9.14. The van der Waals surface area contributed by atoms with Crippen LogP contribution >= 0.6 is 0 Å². The summed E-state index contributed by atoms with van der Waals surface area (Å²) in [5.41, 5.74) is 5.35. The Bertz CT molecular complexity index is 1420. The zero-order chi connectivity index (χ0) is 24.3. The monoisotopic (exact) mass is 473 g/mol. The highest BCUT2D eigenvalue weighted by Gasteiger charge is 2.15. The number of hydrogen-bond acceptors (Lipinski definition) is 6. The molecule has 4 rings (SSSR count). The maximum Gasteiger partial charge on any atom is 0.261 e. The van der Waals surface area contributed by atoms with Gasteiger partial charge in [-0.25, -0.2) is 18.4 Å². The number of aryl methyl sites for hydroxylation is 4. The summed E-state index contributed by atoms with van der Waals surface area (Å²) in [5, 5.41) is 6.54. The number of rotatable bonds is 7. The van der Waals surface area contributed by atoms with E-state index >= 15 is 0 Å². The van der Waals surface area contributed by atoms with Crippen molar-refractivity contribution in [3.05, 3.63) is 95.3 Å². The molecule has 0 amide bonds. The van der Waals surface area contributed by atoms with E-state index < -0.39 is 10.0 Å². The van der Waals surface area contributed by atoms with Crippen molar-refractivity contribution >= 4 is 38.7 Å². The molecular formula is C26H27N5O2S. The second-order valence-electron chi connectivity index (χ2n) is 8.23. The third-order valence-corrected chi connectivity index (χ3v) is 6.74. The van der Waals surface area contributed by atoms with Gasteiger partial charge in [-0.15, -0.1) is 0 Å². The van der Waals surface area contributed by atoms with Crippen molar-refractivity contribution in [3.63, 3.8) is 0 Å². The minimum atomic E-state index is -3.67. The number of nitrogens with one attached hydrogen (secondary N) is 3. The van der Waals surface area contributed by atoms with E-state index in [0.717, 1.165) is 22.5 Å². The van der Waals surface area contributed by atoms with Gasteiger partial charge in [0.25, 0.3) is 10.0 Å². The average Bonchev–Trinajstić information content (AvgIpc) is 2.78. The largest absolute Gasteiger partial charge is 0.340 e. The van der Waals surface area contributed by atoms with Gasteiger partial charge in [0.2, 0.25) is 0 Å².